The van der Waals surface area contributed by atoms with Gasteiger partial charge in [-0.05, 0) is 43.7 Å². The Bertz CT molecular complexity index is 543. The minimum atomic E-state index is -0.541. The lowest BCUT2D eigenvalue weighted by atomic mass is 10.2. The van der Waals surface area contributed by atoms with Gasteiger partial charge in [-0.25, -0.2) is 0 Å². The van der Waals surface area contributed by atoms with E-state index in [1.807, 2.05) is 0 Å². The quantitative estimate of drug-likeness (QED) is 0.595. The van der Waals surface area contributed by atoms with Crippen LogP contribution in [0.15, 0.2) is 29.3 Å². The van der Waals surface area contributed by atoms with Crippen LogP contribution in [0.4, 0.5) is 5.69 Å². The van der Waals surface area contributed by atoms with E-state index in [1.54, 1.807) is 0 Å². The second-order valence-corrected chi connectivity index (χ2v) is 6.36. The van der Waals surface area contributed by atoms with Crippen molar-refractivity contribution >= 4 is 11.6 Å². The molecule has 0 saturated heterocycles. The molecular weight excluding hydrogens is 290 g/mol. The Morgan fingerprint density at radius 1 is 1.43 bits per heavy atom. The number of para-hydroxylation sites is 1. The van der Waals surface area contributed by atoms with Crippen LogP contribution in [0.3, 0.4) is 0 Å². The Hall–Kier alpha value is -1.59. The highest BCUT2D eigenvalue weighted by molar-refractivity contribution is 5.97. The fourth-order valence-corrected chi connectivity index (χ4v) is 2.85. The highest BCUT2D eigenvalue weighted by Gasteiger charge is 2.23. The Kier molecular flexibility index (Phi) is 5.51. The van der Waals surface area contributed by atoms with E-state index in [9.17, 15) is 5.11 Å². The summed E-state index contributed by atoms with van der Waals surface area (Å²) in [5.41, 5.74) is 2.57. The van der Waals surface area contributed by atoms with Gasteiger partial charge >= 0.3 is 0 Å². The van der Waals surface area contributed by atoms with Crippen molar-refractivity contribution in [3.63, 3.8) is 0 Å². The summed E-state index contributed by atoms with van der Waals surface area (Å²) in [6.45, 7) is 5.32. The van der Waals surface area contributed by atoms with E-state index >= 15 is 0 Å². The topological polar surface area (TPSA) is 57.1 Å². The van der Waals surface area contributed by atoms with Crippen molar-refractivity contribution in [2.75, 3.05) is 37.7 Å². The normalized spacial score (nSPS) is 18.9. The highest BCUT2D eigenvalue weighted by atomic mass is 16.5. The molecule has 0 amide bonds. The third-order valence-electron chi connectivity index (χ3n) is 4.29. The molecular formula is C18H27N3O2. The number of aliphatic hydroxyl groups is 1. The van der Waals surface area contributed by atoms with Crippen molar-refractivity contribution in [1.29, 1.82) is 0 Å². The van der Waals surface area contributed by atoms with Gasteiger partial charge in [-0.15, -0.1) is 0 Å². The van der Waals surface area contributed by atoms with Crippen molar-refractivity contribution in [3.05, 3.63) is 29.8 Å². The molecule has 1 unspecified atom stereocenters. The van der Waals surface area contributed by atoms with E-state index in [-0.39, 0.29) is 0 Å². The first-order valence-electron chi connectivity index (χ1n) is 8.67. The van der Waals surface area contributed by atoms with Crippen LogP contribution >= 0.6 is 0 Å². The molecule has 0 spiro atoms. The molecule has 0 aromatic heterocycles. The number of rotatable bonds is 7. The van der Waals surface area contributed by atoms with E-state index in [2.05, 4.69) is 46.4 Å². The third-order valence-corrected chi connectivity index (χ3v) is 4.29. The minimum Gasteiger partial charge on any atom is -0.389 e. The fraction of sp³-hybridized carbons (Fsp3) is 0.611. The van der Waals surface area contributed by atoms with E-state index in [4.69, 9.17) is 4.74 Å². The number of aliphatic hydroxyl groups excluding tert-OH is 1. The number of hydrogen-bond donors (Lipinski definition) is 2. The number of aliphatic imine (C=N–C) groups is 1. The molecule has 1 aliphatic heterocycles. The molecule has 5 nitrogen and oxygen atoms in total. The SMILES string of the molecule is CCNC(=NCC(O)COCC1CC1)N1CCc2ccccc21. The van der Waals surface area contributed by atoms with E-state index in [0.717, 1.165) is 38.0 Å². The molecule has 5 heteroatoms. The Morgan fingerprint density at radius 2 is 2.26 bits per heavy atom. The molecule has 1 aliphatic carbocycles. The number of hydrogen-bond acceptors (Lipinski definition) is 3. The van der Waals surface area contributed by atoms with Gasteiger partial charge in [-0.2, -0.15) is 0 Å². The Labute approximate surface area is 138 Å². The van der Waals surface area contributed by atoms with Gasteiger partial charge in [0.05, 0.1) is 19.3 Å². The molecule has 23 heavy (non-hydrogen) atoms. The summed E-state index contributed by atoms with van der Waals surface area (Å²) in [5.74, 6) is 1.57. The summed E-state index contributed by atoms with van der Waals surface area (Å²) in [7, 11) is 0. The van der Waals surface area contributed by atoms with Gasteiger partial charge in [0.15, 0.2) is 5.96 Å². The van der Waals surface area contributed by atoms with Gasteiger partial charge < -0.3 is 20.1 Å². The van der Waals surface area contributed by atoms with Gasteiger partial charge in [-0.3, -0.25) is 4.99 Å². The standard InChI is InChI=1S/C18H27N3O2/c1-2-19-18(20-11-16(22)13-23-12-14-7-8-14)21-10-9-15-5-3-4-6-17(15)21/h3-6,14,16,22H,2,7-13H2,1H3,(H,19,20). The predicted molar refractivity (Wildman–Crippen MR) is 93.0 cm³/mol. The van der Waals surface area contributed by atoms with Gasteiger partial charge in [0, 0.05) is 25.4 Å². The first kappa shape index (κ1) is 16.3. The molecule has 0 radical (unpaired) electrons. The fourth-order valence-electron chi connectivity index (χ4n) is 2.85. The zero-order chi connectivity index (χ0) is 16.1. The number of anilines is 1. The van der Waals surface area contributed by atoms with Crippen molar-refractivity contribution in [2.24, 2.45) is 10.9 Å². The maximum absolute atomic E-state index is 10.1. The monoisotopic (exact) mass is 317 g/mol. The second kappa shape index (κ2) is 7.79. The molecule has 2 N–H and O–H groups in total. The molecule has 126 valence electrons. The molecule has 3 rings (SSSR count). The van der Waals surface area contributed by atoms with Crippen LogP contribution in [0, 0.1) is 5.92 Å². The van der Waals surface area contributed by atoms with Gasteiger partial charge in [0.1, 0.15) is 0 Å². The average molecular weight is 317 g/mol. The van der Waals surface area contributed by atoms with Crippen LogP contribution in [-0.4, -0.2) is 50.0 Å². The smallest absolute Gasteiger partial charge is 0.198 e. The molecule has 1 heterocycles. The summed E-state index contributed by atoms with van der Waals surface area (Å²) in [6.07, 6.45) is 3.04. The molecule has 0 bridgehead atoms. The van der Waals surface area contributed by atoms with E-state index in [1.165, 1.54) is 24.1 Å². The predicted octanol–water partition coefficient (Wildman–Crippen LogP) is 1.80. The molecule has 1 aromatic rings. The molecule has 1 fully saturated rings. The highest BCUT2D eigenvalue weighted by Crippen LogP contribution is 2.29. The van der Waals surface area contributed by atoms with Crippen LogP contribution < -0.4 is 10.2 Å². The van der Waals surface area contributed by atoms with Crippen molar-refractivity contribution in [2.45, 2.75) is 32.3 Å². The van der Waals surface area contributed by atoms with Crippen molar-refractivity contribution in [1.82, 2.24) is 5.32 Å². The number of guanidine groups is 1. The van der Waals surface area contributed by atoms with Crippen LogP contribution in [0.2, 0.25) is 0 Å². The lowest BCUT2D eigenvalue weighted by Crippen LogP contribution is -2.41. The summed E-state index contributed by atoms with van der Waals surface area (Å²) in [5, 5.41) is 13.4. The summed E-state index contributed by atoms with van der Waals surface area (Å²) in [6, 6.07) is 8.43. The summed E-state index contributed by atoms with van der Waals surface area (Å²) < 4.78 is 5.54. The first-order valence-corrected chi connectivity index (χ1v) is 8.67. The second-order valence-electron chi connectivity index (χ2n) is 6.36. The largest absolute Gasteiger partial charge is 0.389 e. The number of nitrogens with one attached hydrogen (secondary N) is 1. The average Bonchev–Trinajstić information content (AvgIpc) is 3.29. The van der Waals surface area contributed by atoms with Crippen molar-refractivity contribution < 1.29 is 9.84 Å². The first-order chi connectivity index (χ1) is 11.3. The van der Waals surface area contributed by atoms with Gasteiger partial charge in [0.25, 0.3) is 0 Å². The van der Waals surface area contributed by atoms with E-state index in [0.29, 0.717) is 13.2 Å². The summed E-state index contributed by atoms with van der Waals surface area (Å²) in [4.78, 5) is 6.81. The Morgan fingerprint density at radius 3 is 3.04 bits per heavy atom. The Balaban J connectivity index is 1.57. The molecule has 1 saturated carbocycles. The minimum absolute atomic E-state index is 0.367. The van der Waals surface area contributed by atoms with Gasteiger partial charge in [-0.1, -0.05) is 18.2 Å². The lowest BCUT2D eigenvalue weighted by molar-refractivity contribution is 0.0368. The molecule has 1 aromatic carbocycles. The van der Waals surface area contributed by atoms with Crippen LogP contribution in [-0.2, 0) is 11.2 Å². The number of benzene rings is 1. The molecule has 2 aliphatic rings. The van der Waals surface area contributed by atoms with Crippen LogP contribution in [0.25, 0.3) is 0 Å². The molecule has 1 atom stereocenters. The summed E-state index contributed by atoms with van der Waals surface area (Å²) >= 11 is 0. The van der Waals surface area contributed by atoms with Crippen LogP contribution in [0.1, 0.15) is 25.3 Å². The number of fused-ring (bicyclic) bond motifs is 1. The maximum atomic E-state index is 10.1. The number of nitrogens with zero attached hydrogens (tertiary/aromatic N) is 2. The van der Waals surface area contributed by atoms with E-state index < -0.39 is 6.10 Å². The lowest BCUT2D eigenvalue weighted by Gasteiger charge is -2.22. The maximum Gasteiger partial charge on any atom is 0.198 e. The zero-order valence-electron chi connectivity index (χ0n) is 13.9. The number of ether oxygens (including phenoxy) is 1. The third kappa shape index (κ3) is 4.45. The van der Waals surface area contributed by atoms with Crippen LogP contribution in [0.5, 0.6) is 0 Å². The van der Waals surface area contributed by atoms with Gasteiger partial charge in [0.2, 0.25) is 0 Å². The van der Waals surface area contributed by atoms with Crippen molar-refractivity contribution in [3.8, 4) is 0 Å². The zero-order valence-corrected chi connectivity index (χ0v) is 13.9.